The second-order valence-corrected chi connectivity index (χ2v) is 4.61. The molecule has 20 heavy (non-hydrogen) atoms. The Bertz CT molecular complexity index is 479. The number of nitrogens with one attached hydrogen (secondary N) is 1. The van der Waals surface area contributed by atoms with Crippen molar-refractivity contribution in [3.05, 3.63) is 21.9 Å². The SMILES string of the molecule is O=C(NCCOCC(F)F)c1csc(C#CCCO)c1. The van der Waals surface area contributed by atoms with E-state index in [-0.39, 0.29) is 25.7 Å². The third-order valence-electron chi connectivity index (χ3n) is 2.09. The van der Waals surface area contributed by atoms with Crippen LogP contribution in [0.15, 0.2) is 11.4 Å². The van der Waals surface area contributed by atoms with Crippen LogP contribution < -0.4 is 5.32 Å². The summed E-state index contributed by atoms with van der Waals surface area (Å²) in [6.45, 7) is -0.403. The van der Waals surface area contributed by atoms with Gasteiger partial charge in [0.25, 0.3) is 12.3 Å². The lowest BCUT2D eigenvalue weighted by atomic mass is 10.3. The van der Waals surface area contributed by atoms with Gasteiger partial charge >= 0.3 is 0 Å². The van der Waals surface area contributed by atoms with Crippen LogP contribution in [-0.2, 0) is 4.74 Å². The van der Waals surface area contributed by atoms with Crippen molar-refractivity contribution in [3.8, 4) is 11.8 Å². The molecule has 1 rings (SSSR count). The van der Waals surface area contributed by atoms with Gasteiger partial charge in [-0.05, 0) is 6.07 Å². The number of aliphatic hydroxyl groups is 1. The first-order valence-corrected chi connectivity index (χ1v) is 6.83. The summed E-state index contributed by atoms with van der Waals surface area (Å²) in [6, 6.07) is 1.64. The third kappa shape index (κ3) is 6.61. The van der Waals surface area contributed by atoms with Crippen molar-refractivity contribution in [2.24, 2.45) is 0 Å². The molecular formula is C13H15F2NO3S. The minimum atomic E-state index is -2.50. The molecule has 0 aromatic carbocycles. The van der Waals surface area contributed by atoms with Crippen LogP contribution in [0.1, 0.15) is 21.7 Å². The van der Waals surface area contributed by atoms with Crippen LogP contribution in [-0.4, -0.2) is 43.8 Å². The third-order valence-corrected chi connectivity index (χ3v) is 2.93. The largest absolute Gasteiger partial charge is 0.395 e. The summed E-state index contributed by atoms with van der Waals surface area (Å²) in [5.74, 6) is 5.30. The second-order valence-electron chi connectivity index (χ2n) is 3.70. The van der Waals surface area contributed by atoms with E-state index in [1.165, 1.54) is 11.3 Å². The molecule has 7 heteroatoms. The first-order valence-electron chi connectivity index (χ1n) is 5.96. The van der Waals surface area contributed by atoms with E-state index in [1.807, 2.05) is 0 Å². The van der Waals surface area contributed by atoms with Crippen molar-refractivity contribution in [1.82, 2.24) is 5.32 Å². The van der Waals surface area contributed by atoms with Crippen molar-refractivity contribution in [1.29, 1.82) is 0 Å². The normalized spacial score (nSPS) is 10.2. The average molecular weight is 303 g/mol. The molecule has 4 nitrogen and oxygen atoms in total. The Labute approximate surface area is 119 Å². The van der Waals surface area contributed by atoms with Gasteiger partial charge in [-0.25, -0.2) is 8.78 Å². The van der Waals surface area contributed by atoms with E-state index >= 15 is 0 Å². The van der Waals surface area contributed by atoms with Gasteiger partial charge in [-0.3, -0.25) is 4.79 Å². The number of carbonyl (C=O) groups is 1. The quantitative estimate of drug-likeness (QED) is 0.593. The molecule has 0 fully saturated rings. The van der Waals surface area contributed by atoms with Gasteiger partial charge in [0.05, 0.1) is 23.7 Å². The van der Waals surface area contributed by atoms with Crippen LogP contribution in [0.4, 0.5) is 8.78 Å². The molecule has 0 aliphatic rings. The van der Waals surface area contributed by atoms with Crippen LogP contribution >= 0.6 is 11.3 Å². The van der Waals surface area contributed by atoms with Gasteiger partial charge in [-0.2, -0.15) is 0 Å². The van der Waals surface area contributed by atoms with Crippen molar-refractivity contribution in [3.63, 3.8) is 0 Å². The zero-order valence-electron chi connectivity index (χ0n) is 10.7. The summed E-state index contributed by atoms with van der Waals surface area (Å²) in [5.41, 5.74) is 0.470. The summed E-state index contributed by atoms with van der Waals surface area (Å²) in [4.78, 5) is 12.4. The number of hydrogen-bond acceptors (Lipinski definition) is 4. The van der Waals surface area contributed by atoms with Crippen molar-refractivity contribution in [2.45, 2.75) is 12.8 Å². The summed E-state index contributed by atoms with van der Waals surface area (Å²) in [7, 11) is 0. The number of ether oxygens (including phenoxy) is 1. The van der Waals surface area contributed by atoms with Gasteiger partial charge in [-0.1, -0.05) is 11.8 Å². The summed E-state index contributed by atoms with van der Waals surface area (Å²) < 4.78 is 28.2. The van der Waals surface area contributed by atoms with E-state index in [4.69, 9.17) is 5.11 Å². The topological polar surface area (TPSA) is 58.6 Å². The average Bonchev–Trinajstić information content (AvgIpc) is 2.87. The van der Waals surface area contributed by atoms with E-state index in [1.54, 1.807) is 11.4 Å². The van der Waals surface area contributed by atoms with E-state index in [2.05, 4.69) is 21.9 Å². The van der Waals surface area contributed by atoms with Gasteiger partial charge in [0, 0.05) is 18.3 Å². The lowest BCUT2D eigenvalue weighted by molar-refractivity contribution is 0.0188. The van der Waals surface area contributed by atoms with E-state index in [0.29, 0.717) is 12.0 Å². The molecule has 1 aromatic heterocycles. The van der Waals surface area contributed by atoms with Crippen molar-refractivity contribution in [2.75, 3.05) is 26.4 Å². The Morgan fingerprint density at radius 1 is 1.55 bits per heavy atom. The lowest BCUT2D eigenvalue weighted by Gasteiger charge is -2.04. The van der Waals surface area contributed by atoms with Gasteiger partial charge in [0.1, 0.15) is 6.61 Å². The molecule has 0 aliphatic heterocycles. The van der Waals surface area contributed by atoms with Crippen LogP contribution in [0.25, 0.3) is 0 Å². The highest BCUT2D eigenvalue weighted by atomic mass is 32.1. The van der Waals surface area contributed by atoms with Crippen molar-refractivity contribution < 1.29 is 23.4 Å². The van der Waals surface area contributed by atoms with E-state index in [9.17, 15) is 13.6 Å². The van der Waals surface area contributed by atoms with E-state index in [0.717, 1.165) is 4.88 Å². The number of halogens is 2. The summed E-state index contributed by atoms with van der Waals surface area (Å²) in [6.07, 6.45) is -2.11. The highest BCUT2D eigenvalue weighted by Crippen LogP contribution is 2.13. The Kier molecular flexibility index (Phi) is 7.80. The van der Waals surface area contributed by atoms with Crippen LogP contribution in [0, 0.1) is 11.8 Å². The maximum absolute atomic E-state index is 11.8. The molecule has 0 bridgehead atoms. The molecule has 110 valence electrons. The highest BCUT2D eigenvalue weighted by molar-refractivity contribution is 7.10. The van der Waals surface area contributed by atoms with Gasteiger partial charge < -0.3 is 15.2 Å². The second kappa shape index (κ2) is 9.42. The number of aliphatic hydroxyl groups excluding tert-OH is 1. The molecule has 0 aliphatic carbocycles. The van der Waals surface area contributed by atoms with Gasteiger partial charge in [0.2, 0.25) is 0 Å². The maximum Gasteiger partial charge on any atom is 0.261 e. The summed E-state index contributed by atoms with van der Waals surface area (Å²) in [5, 5.41) is 12.8. The van der Waals surface area contributed by atoms with Gasteiger partial charge in [0.15, 0.2) is 0 Å². The number of amides is 1. The number of hydrogen-bond donors (Lipinski definition) is 2. The molecule has 0 saturated carbocycles. The number of carbonyl (C=O) groups excluding carboxylic acids is 1. The molecule has 0 unspecified atom stereocenters. The van der Waals surface area contributed by atoms with Crippen LogP contribution in [0.2, 0.25) is 0 Å². The van der Waals surface area contributed by atoms with Crippen LogP contribution in [0.3, 0.4) is 0 Å². The zero-order valence-corrected chi connectivity index (χ0v) is 11.5. The maximum atomic E-state index is 11.8. The molecule has 2 N–H and O–H groups in total. The predicted molar refractivity (Wildman–Crippen MR) is 72.1 cm³/mol. The molecule has 0 atom stereocenters. The predicted octanol–water partition coefficient (Wildman–Crippen LogP) is 1.49. The fraction of sp³-hybridized carbons (Fsp3) is 0.462. The minimum absolute atomic E-state index is 0.00430. The monoisotopic (exact) mass is 303 g/mol. The summed E-state index contributed by atoms with van der Waals surface area (Å²) >= 11 is 1.33. The number of rotatable bonds is 7. The van der Waals surface area contributed by atoms with E-state index < -0.39 is 13.0 Å². The van der Waals surface area contributed by atoms with Gasteiger partial charge in [-0.15, -0.1) is 11.3 Å². The molecule has 1 heterocycles. The Hall–Kier alpha value is -1.49. The minimum Gasteiger partial charge on any atom is -0.395 e. The smallest absolute Gasteiger partial charge is 0.261 e. The Balaban J connectivity index is 2.32. The molecule has 0 radical (unpaired) electrons. The Morgan fingerprint density at radius 2 is 2.35 bits per heavy atom. The molecular weight excluding hydrogens is 288 g/mol. The van der Waals surface area contributed by atoms with Crippen molar-refractivity contribution >= 4 is 17.2 Å². The molecule has 0 spiro atoms. The first kappa shape index (κ1) is 16.6. The molecule has 1 aromatic rings. The standard InChI is InChI=1S/C13H15F2NO3S/c14-12(15)8-19-6-4-16-13(18)10-7-11(20-9-10)3-1-2-5-17/h7,9,12,17H,2,4-6,8H2,(H,16,18). The lowest BCUT2D eigenvalue weighted by Crippen LogP contribution is -2.27. The number of thiophene rings is 1. The van der Waals surface area contributed by atoms with Crippen LogP contribution in [0.5, 0.6) is 0 Å². The highest BCUT2D eigenvalue weighted by Gasteiger charge is 2.07. The first-order chi connectivity index (χ1) is 9.63. The fourth-order valence-electron chi connectivity index (χ4n) is 1.24. The Morgan fingerprint density at radius 3 is 3.05 bits per heavy atom. The molecule has 1 amide bonds. The zero-order chi connectivity index (χ0) is 14.8. The molecule has 0 saturated heterocycles. The number of alkyl halides is 2. The fourth-order valence-corrected chi connectivity index (χ4v) is 1.99.